The molecule has 2 N–H and O–H groups in total. The number of thiocarbonyl (C=S) groups is 1. The summed E-state index contributed by atoms with van der Waals surface area (Å²) in [5.74, 6) is 0. The first-order chi connectivity index (χ1) is 12.8. The fourth-order valence-electron chi connectivity index (χ4n) is 2.61. The van der Waals surface area contributed by atoms with Crippen molar-refractivity contribution in [3.8, 4) is 0 Å². The number of nitrogens with zero attached hydrogens (tertiary/aromatic N) is 3. The second-order valence-corrected chi connectivity index (χ2v) is 9.81. The second-order valence-electron chi connectivity index (χ2n) is 6.64. The third-order valence-corrected chi connectivity index (χ3v) is 6.36. The monoisotopic (exact) mass is 426 g/mol. The zero-order valence-electron chi connectivity index (χ0n) is 16.0. The number of carbonyl (C=O) groups excluding carboxylic acids is 1. The van der Waals surface area contributed by atoms with Gasteiger partial charge < -0.3 is 5.32 Å². The summed E-state index contributed by atoms with van der Waals surface area (Å²) < 4.78 is 0.0101. The van der Waals surface area contributed by atoms with Crippen LogP contribution in [0.2, 0.25) is 0 Å². The molecule has 1 aromatic rings. The van der Waals surface area contributed by atoms with E-state index in [1.165, 1.54) is 21.7 Å². The lowest BCUT2D eigenvalue weighted by atomic mass is 10.1. The van der Waals surface area contributed by atoms with Gasteiger partial charge in [-0.25, -0.2) is 9.80 Å². The van der Waals surface area contributed by atoms with E-state index in [0.29, 0.717) is 15.9 Å². The van der Waals surface area contributed by atoms with Crippen molar-refractivity contribution in [2.45, 2.75) is 49.4 Å². The highest BCUT2D eigenvalue weighted by atomic mass is 32.2. The van der Waals surface area contributed by atoms with Gasteiger partial charge in [0.05, 0.1) is 11.0 Å². The van der Waals surface area contributed by atoms with Crippen LogP contribution in [0, 0.1) is 0 Å². The number of hydrazone groups is 1. The summed E-state index contributed by atoms with van der Waals surface area (Å²) >= 11 is 8.52. The van der Waals surface area contributed by atoms with Gasteiger partial charge in [-0.3, -0.25) is 5.21 Å². The number of hydroxylamine groups is 2. The van der Waals surface area contributed by atoms with Crippen LogP contribution in [-0.4, -0.2) is 55.6 Å². The van der Waals surface area contributed by atoms with E-state index in [-0.39, 0.29) is 0 Å². The highest BCUT2D eigenvalue weighted by Crippen LogP contribution is 2.42. The van der Waals surface area contributed by atoms with Gasteiger partial charge in [-0.2, -0.15) is 10.2 Å². The normalized spacial score (nSPS) is 18.9. The Kier molecular flexibility index (Phi) is 7.96. The summed E-state index contributed by atoms with van der Waals surface area (Å²) in [6.07, 6.45) is 4.84. The fourth-order valence-corrected chi connectivity index (χ4v) is 4.81. The minimum Gasteiger partial charge on any atom is -0.336 e. The van der Waals surface area contributed by atoms with Crippen molar-refractivity contribution in [3.63, 3.8) is 0 Å². The van der Waals surface area contributed by atoms with Crippen molar-refractivity contribution in [1.29, 1.82) is 0 Å². The molecule has 148 valence electrons. The molecular formula is C18H26N4O2S3. The number of carbonyl (C=O) groups is 1. The SMILES string of the molecule is CCCCNC(=O)N(O)[C@@H]1N(/N=C\c2ccc(SC)cc2)C(=S)SC1(C)C. The molecule has 2 rings (SSSR count). The summed E-state index contributed by atoms with van der Waals surface area (Å²) in [7, 11) is 0. The topological polar surface area (TPSA) is 68.2 Å². The number of hydrogen-bond donors (Lipinski definition) is 2. The maximum absolute atomic E-state index is 12.3. The van der Waals surface area contributed by atoms with E-state index in [9.17, 15) is 10.0 Å². The first kappa shape index (κ1) is 22.0. The standard InChI is InChI=1S/C18H26N4O2S3/c1-5-6-11-19-16(23)22(24)15-18(2,3)27-17(25)21(15)20-12-13-7-9-14(26-4)10-8-13/h7-10,12,15,24H,5-6,11H2,1-4H3,(H,19,23)/b20-12-/t15-/m0/s1. The molecule has 9 heteroatoms. The van der Waals surface area contributed by atoms with Crippen molar-refractivity contribution >= 4 is 52.3 Å². The van der Waals surface area contributed by atoms with Gasteiger partial charge in [-0.1, -0.05) is 49.5 Å². The molecule has 0 aromatic heterocycles. The smallest absolute Gasteiger partial charge is 0.336 e. The molecule has 0 aliphatic carbocycles. The Labute approximate surface area is 174 Å². The average molecular weight is 427 g/mol. The number of unbranched alkanes of at least 4 members (excludes halogenated alkanes) is 1. The molecule has 0 unspecified atom stereocenters. The number of urea groups is 1. The van der Waals surface area contributed by atoms with Gasteiger partial charge in [0.25, 0.3) is 0 Å². The van der Waals surface area contributed by atoms with Crippen LogP contribution in [0.4, 0.5) is 4.79 Å². The van der Waals surface area contributed by atoms with E-state index >= 15 is 0 Å². The molecule has 1 heterocycles. The van der Waals surface area contributed by atoms with Crippen LogP contribution in [0.25, 0.3) is 0 Å². The molecule has 1 atom stereocenters. The minimum atomic E-state index is -0.696. The number of nitrogens with one attached hydrogen (secondary N) is 1. The minimum absolute atomic E-state index is 0.506. The second kappa shape index (κ2) is 9.77. The zero-order valence-corrected chi connectivity index (χ0v) is 18.5. The van der Waals surface area contributed by atoms with E-state index in [1.807, 2.05) is 51.3 Å². The van der Waals surface area contributed by atoms with Crippen molar-refractivity contribution < 1.29 is 10.0 Å². The lowest BCUT2D eigenvalue weighted by Crippen LogP contribution is -2.55. The number of thioether (sulfide) groups is 2. The lowest BCUT2D eigenvalue weighted by Gasteiger charge is -2.34. The Hall–Kier alpha value is -1.29. The van der Waals surface area contributed by atoms with Crippen LogP contribution in [-0.2, 0) is 0 Å². The number of rotatable bonds is 7. The highest BCUT2D eigenvalue weighted by molar-refractivity contribution is 8.24. The Morgan fingerprint density at radius 1 is 1.48 bits per heavy atom. The Bertz CT molecular complexity index is 694. The number of benzene rings is 1. The van der Waals surface area contributed by atoms with Crippen molar-refractivity contribution in [2.75, 3.05) is 12.8 Å². The molecule has 1 fully saturated rings. The number of amides is 2. The molecular weight excluding hydrogens is 400 g/mol. The molecule has 0 radical (unpaired) electrons. The summed E-state index contributed by atoms with van der Waals surface area (Å²) in [5, 5.41) is 20.0. The van der Waals surface area contributed by atoms with Crippen LogP contribution in [0.15, 0.2) is 34.3 Å². The molecule has 27 heavy (non-hydrogen) atoms. The van der Waals surface area contributed by atoms with E-state index in [1.54, 1.807) is 18.0 Å². The summed E-state index contributed by atoms with van der Waals surface area (Å²) in [4.78, 5) is 13.5. The Balaban J connectivity index is 2.17. The lowest BCUT2D eigenvalue weighted by molar-refractivity contribution is -0.118. The van der Waals surface area contributed by atoms with E-state index < -0.39 is 16.9 Å². The van der Waals surface area contributed by atoms with Gasteiger partial charge in [0.1, 0.15) is 0 Å². The van der Waals surface area contributed by atoms with Gasteiger partial charge in [0.15, 0.2) is 10.5 Å². The average Bonchev–Trinajstić information content (AvgIpc) is 2.87. The molecule has 1 aromatic carbocycles. The van der Waals surface area contributed by atoms with Crippen molar-refractivity contribution in [1.82, 2.24) is 15.4 Å². The van der Waals surface area contributed by atoms with Crippen molar-refractivity contribution in [3.05, 3.63) is 29.8 Å². The van der Waals surface area contributed by atoms with Crippen LogP contribution in [0.5, 0.6) is 0 Å². The summed E-state index contributed by atoms with van der Waals surface area (Å²) in [6, 6.07) is 7.43. The van der Waals surface area contributed by atoms with E-state index in [4.69, 9.17) is 12.2 Å². The number of hydrogen-bond acceptors (Lipinski definition) is 6. The molecule has 0 bridgehead atoms. The third-order valence-electron chi connectivity index (χ3n) is 4.08. The fraction of sp³-hybridized carbons (Fsp3) is 0.500. The molecule has 1 aliphatic heterocycles. The van der Waals surface area contributed by atoms with E-state index in [2.05, 4.69) is 10.4 Å². The highest BCUT2D eigenvalue weighted by Gasteiger charge is 2.49. The zero-order chi connectivity index (χ0) is 20.0. The van der Waals surface area contributed by atoms with Gasteiger partial charge in [-0.05, 0) is 44.2 Å². The molecule has 1 saturated heterocycles. The predicted molar refractivity (Wildman–Crippen MR) is 118 cm³/mol. The summed E-state index contributed by atoms with van der Waals surface area (Å²) in [5.41, 5.74) is 0.918. The van der Waals surface area contributed by atoms with E-state index in [0.717, 1.165) is 18.4 Å². The summed E-state index contributed by atoms with van der Waals surface area (Å²) in [6.45, 7) is 6.42. The first-order valence-corrected chi connectivity index (χ1v) is 11.2. The third kappa shape index (κ3) is 5.60. The maximum Gasteiger partial charge on any atom is 0.343 e. The quantitative estimate of drug-likeness (QED) is 0.168. The van der Waals surface area contributed by atoms with Crippen LogP contribution >= 0.6 is 35.7 Å². The van der Waals surface area contributed by atoms with Gasteiger partial charge in [-0.15, -0.1) is 11.8 Å². The van der Waals surface area contributed by atoms with Crippen LogP contribution < -0.4 is 5.32 Å². The Morgan fingerprint density at radius 3 is 2.74 bits per heavy atom. The molecule has 2 amide bonds. The van der Waals surface area contributed by atoms with Gasteiger partial charge in [0.2, 0.25) is 0 Å². The molecule has 1 aliphatic rings. The van der Waals surface area contributed by atoms with Crippen LogP contribution in [0.1, 0.15) is 39.2 Å². The van der Waals surface area contributed by atoms with Gasteiger partial charge in [0, 0.05) is 11.4 Å². The Morgan fingerprint density at radius 2 is 2.15 bits per heavy atom. The first-order valence-electron chi connectivity index (χ1n) is 8.76. The predicted octanol–water partition coefficient (Wildman–Crippen LogP) is 4.38. The van der Waals surface area contributed by atoms with Crippen LogP contribution in [0.3, 0.4) is 0 Å². The van der Waals surface area contributed by atoms with Gasteiger partial charge >= 0.3 is 6.03 Å². The molecule has 0 saturated carbocycles. The van der Waals surface area contributed by atoms with Crippen molar-refractivity contribution in [2.24, 2.45) is 5.10 Å². The molecule has 0 spiro atoms. The molecule has 6 nitrogen and oxygen atoms in total. The maximum atomic E-state index is 12.3. The largest absolute Gasteiger partial charge is 0.343 e.